The maximum Gasteiger partial charge on any atom is 0.265 e. The first-order valence-corrected chi connectivity index (χ1v) is 6.22. The van der Waals surface area contributed by atoms with Gasteiger partial charge in [0.25, 0.3) is 5.91 Å². The minimum absolute atomic E-state index is 0.0867. The molecule has 3 N–H and O–H groups in total. The van der Waals surface area contributed by atoms with Crippen LogP contribution in [0, 0.1) is 0 Å². The van der Waals surface area contributed by atoms with Gasteiger partial charge in [0.2, 0.25) is 0 Å². The van der Waals surface area contributed by atoms with Crippen LogP contribution >= 0.6 is 11.3 Å². The number of nitrogens with one attached hydrogen (secondary N) is 1. The Morgan fingerprint density at radius 1 is 1.76 bits per heavy atom. The molecule has 0 aromatic carbocycles. The first-order chi connectivity index (χ1) is 7.99. The van der Waals surface area contributed by atoms with Crippen LogP contribution in [-0.2, 0) is 0 Å². The molecule has 0 aliphatic heterocycles. The van der Waals surface area contributed by atoms with Gasteiger partial charge in [-0.3, -0.25) is 4.79 Å². The van der Waals surface area contributed by atoms with Gasteiger partial charge in [-0.25, -0.2) is 4.98 Å². The molecular weight excluding hydrogens is 236 g/mol. The van der Waals surface area contributed by atoms with E-state index in [1.54, 1.807) is 6.08 Å². The van der Waals surface area contributed by atoms with Gasteiger partial charge in [-0.05, 0) is 13.8 Å². The lowest BCUT2D eigenvalue weighted by molar-refractivity contribution is 0.0951. The van der Waals surface area contributed by atoms with E-state index in [9.17, 15) is 4.79 Å². The molecule has 1 aromatic rings. The van der Waals surface area contributed by atoms with E-state index in [2.05, 4.69) is 16.9 Å². The molecule has 5 nitrogen and oxygen atoms in total. The summed E-state index contributed by atoms with van der Waals surface area (Å²) in [5.74, 6) is 0.0715. The van der Waals surface area contributed by atoms with E-state index < -0.39 is 0 Å². The Bertz CT molecular complexity index is 416. The average Bonchev–Trinajstić information content (AvgIpc) is 2.70. The summed E-state index contributed by atoms with van der Waals surface area (Å²) >= 11 is 1.30. The van der Waals surface area contributed by atoms with Gasteiger partial charge < -0.3 is 16.0 Å². The lowest BCUT2D eigenvalue weighted by atomic mass is 10.3. The fourth-order valence-electron chi connectivity index (χ4n) is 1.11. The number of thiazole rings is 1. The molecule has 0 bridgehead atoms. The molecule has 0 aliphatic carbocycles. The van der Waals surface area contributed by atoms with Gasteiger partial charge in [0.05, 0.1) is 0 Å². The van der Waals surface area contributed by atoms with E-state index in [0.29, 0.717) is 4.88 Å². The first kappa shape index (κ1) is 13.5. The second kappa shape index (κ2) is 5.67. The number of carbonyl (C=O) groups is 1. The maximum atomic E-state index is 11.9. The van der Waals surface area contributed by atoms with Gasteiger partial charge in [0.15, 0.2) is 5.13 Å². The molecule has 0 aliphatic rings. The van der Waals surface area contributed by atoms with E-state index in [0.717, 1.165) is 11.7 Å². The van der Waals surface area contributed by atoms with Crippen molar-refractivity contribution in [2.24, 2.45) is 0 Å². The number of hydrogen-bond acceptors (Lipinski definition) is 5. The van der Waals surface area contributed by atoms with Crippen molar-refractivity contribution in [3.8, 4) is 0 Å². The van der Waals surface area contributed by atoms with Crippen molar-refractivity contribution in [2.45, 2.75) is 19.9 Å². The Hall–Kier alpha value is -1.56. The van der Waals surface area contributed by atoms with Crippen LogP contribution in [-0.4, -0.2) is 30.5 Å². The summed E-state index contributed by atoms with van der Waals surface area (Å²) in [6, 6.07) is -0.0867. The molecule has 17 heavy (non-hydrogen) atoms. The predicted molar refractivity (Wildman–Crippen MR) is 72.6 cm³/mol. The molecular formula is C11H18N4OS. The molecule has 1 heterocycles. The standard InChI is InChI=1S/C11H18N4OS/c1-5-7(3)13-10(16)8-9(12)14-11(17-8)15(4)6-2/h5,7H,1,6,12H2,2-4H3,(H,13,16). The number of nitrogen functional groups attached to an aromatic ring is 1. The zero-order valence-electron chi connectivity index (χ0n) is 10.4. The first-order valence-electron chi connectivity index (χ1n) is 5.40. The van der Waals surface area contributed by atoms with Crippen LogP contribution in [0.5, 0.6) is 0 Å². The Morgan fingerprint density at radius 3 is 2.94 bits per heavy atom. The number of amides is 1. The molecule has 0 fully saturated rings. The highest BCUT2D eigenvalue weighted by molar-refractivity contribution is 7.18. The van der Waals surface area contributed by atoms with Crippen LogP contribution in [0.3, 0.4) is 0 Å². The van der Waals surface area contributed by atoms with Crippen molar-refractivity contribution < 1.29 is 4.79 Å². The molecule has 94 valence electrons. The van der Waals surface area contributed by atoms with Gasteiger partial charge in [-0.15, -0.1) is 6.58 Å². The van der Waals surface area contributed by atoms with Crippen molar-refractivity contribution in [1.29, 1.82) is 0 Å². The van der Waals surface area contributed by atoms with Crippen molar-refractivity contribution >= 4 is 28.2 Å². The van der Waals surface area contributed by atoms with Gasteiger partial charge in [-0.2, -0.15) is 0 Å². The summed E-state index contributed by atoms with van der Waals surface area (Å²) < 4.78 is 0. The minimum atomic E-state index is -0.205. The minimum Gasteiger partial charge on any atom is -0.382 e. The smallest absolute Gasteiger partial charge is 0.265 e. The van der Waals surface area contributed by atoms with Gasteiger partial charge in [0.1, 0.15) is 10.7 Å². The molecule has 1 atom stereocenters. The SMILES string of the molecule is C=CC(C)NC(=O)c1sc(N(C)CC)nc1N. The van der Waals surface area contributed by atoms with E-state index in [-0.39, 0.29) is 17.8 Å². The molecule has 1 amide bonds. The zero-order chi connectivity index (χ0) is 13.0. The van der Waals surface area contributed by atoms with Crippen molar-refractivity contribution in [2.75, 3.05) is 24.2 Å². The average molecular weight is 254 g/mol. The number of rotatable bonds is 5. The van der Waals surface area contributed by atoms with Gasteiger partial charge in [-0.1, -0.05) is 17.4 Å². The molecule has 0 saturated heterocycles. The largest absolute Gasteiger partial charge is 0.382 e. The summed E-state index contributed by atoms with van der Waals surface area (Å²) in [5.41, 5.74) is 5.74. The summed E-state index contributed by atoms with van der Waals surface area (Å²) in [5, 5.41) is 3.52. The summed E-state index contributed by atoms with van der Waals surface area (Å²) in [7, 11) is 1.91. The zero-order valence-corrected chi connectivity index (χ0v) is 11.2. The van der Waals surface area contributed by atoms with Gasteiger partial charge in [0, 0.05) is 19.6 Å². The number of anilines is 2. The normalized spacial score (nSPS) is 11.9. The van der Waals surface area contributed by atoms with Gasteiger partial charge >= 0.3 is 0 Å². The van der Waals surface area contributed by atoms with Crippen molar-refractivity contribution in [3.63, 3.8) is 0 Å². The molecule has 1 aromatic heterocycles. The second-order valence-electron chi connectivity index (χ2n) is 3.72. The van der Waals surface area contributed by atoms with E-state index in [1.165, 1.54) is 11.3 Å². The van der Waals surface area contributed by atoms with E-state index in [1.807, 2.05) is 25.8 Å². The summed E-state index contributed by atoms with van der Waals surface area (Å²) in [6.07, 6.45) is 1.66. The fourth-order valence-corrected chi connectivity index (χ4v) is 2.03. The molecule has 0 radical (unpaired) electrons. The topological polar surface area (TPSA) is 71.2 Å². The van der Waals surface area contributed by atoms with E-state index >= 15 is 0 Å². The van der Waals surface area contributed by atoms with E-state index in [4.69, 9.17) is 5.73 Å². The van der Waals surface area contributed by atoms with Crippen LogP contribution in [0.4, 0.5) is 10.9 Å². The van der Waals surface area contributed by atoms with Crippen LogP contribution < -0.4 is 16.0 Å². The third-order valence-electron chi connectivity index (χ3n) is 2.36. The third kappa shape index (κ3) is 3.20. The highest BCUT2D eigenvalue weighted by atomic mass is 32.1. The highest BCUT2D eigenvalue weighted by Gasteiger charge is 2.18. The van der Waals surface area contributed by atoms with Crippen LogP contribution in [0.25, 0.3) is 0 Å². The fraction of sp³-hybridized carbons (Fsp3) is 0.455. The molecule has 1 rings (SSSR count). The molecule has 6 heteroatoms. The summed E-state index contributed by atoms with van der Waals surface area (Å²) in [6.45, 7) is 8.29. The van der Waals surface area contributed by atoms with Crippen LogP contribution in [0.2, 0.25) is 0 Å². The molecule has 1 unspecified atom stereocenters. The van der Waals surface area contributed by atoms with Crippen molar-refractivity contribution in [3.05, 3.63) is 17.5 Å². The Labute approximate surface area is 105 Å². The van der Waals surface area contributed by atoms with Crippen LogP contribution in [0.15, 0.2) is 12.7 Å². The highest BCUT2D eigenvalue weighted by Crippen LogP contribution is 2.27. The Morgan fingerprint density at radius 2 is 2.41 bits per heavy atom. The maximum absolute atomic E-state index is 11.9. The second-order valence-corrected chi connectivity index (χ2v) is 4.70. The number of nitrogens with zero attached hydrogens (tertiary/aromatic N) is 2. The Kier molecular flexibility index (Phi) is 4.51. The Balaban J connectivity index is 2.87. The quantitative estimate of drug-likeness (QED) is 0.781. The lowest BCUT2D eigenvalue weighted by Gasteiger charge is -2.11. The number of hydrogen-bond donors (Lipinski definition) is 2. The molecule has 0 saturated carbocycles. The number of carbonyl (C=O) groups excluding carboxylic acids is 1. The molecule has 0 spiro atoms. The van der Waals surface area contributed by atoms with Crippen molar-refractivity contribution in [1.82, 2.24) is 10.3 Å². The number of aromatic nitrogens is 1. The lowest BCUT2D eigenvalue weighted by Crippen LogP contribution is -2.30. The van der Waals surface area contributed by atoms with Crippen LogP contribution in [0.1, 0.15) is 23.5 Å². The third-order valence-corrected chi connectivity index (χ3v) is 3.55. The number of nitrogens with two attached hydrogens (primary N) is 1. The predicted octanol–water partition coefficient (Wildman–Crippen LogP) is 1.49. The monoisotopic (exact) mass is 254 g/mol. The summed E-state index contributed by atoms with van der Waals surface area (Å²) in [4.78, 5) is 18.4.